The molecule has 24 heavy (non-hydrogen) atoms. The van der Waals surface area contributed by atoms with Crippen LogP contribution in [0.5, 0.6) is 0 Å². The van der Waals surface area contributed by atoms with Gasteiger partial charge in [0.1, 0.15) is 10.8 Å². The highest BCUT2D eigenvalue weighted by molar-refractivity contribution is 6.29. The van der Waals surface area contributed by atoms with Gasteiger partial charge in [-0.05, 0) is 31.2 Å². The van der Waals surface area contributed by atoms with Crippen LogP contribution < -0.4 is 0 Å². The average Bonchev–Trinajstić information content (AvgIpc) is 3.14. The van der Waals surface area contributed by atoms with E-state index in [1.165, 1.54) is 6.07 Å². The zero-order chi connectivity index (χ0) is 16.7. The summed E-state index contributed by atoms with van der Waals surface area (Å²) in [5.41, 5.74) is 2.92. The third-order valence-electron chi connectivity index (χ3n) is 3.75. The number of fused-ring (bicyclic) bond motifs is 1. The van der Waals surface area contributed by atoms with E-state index in [4.69, 9.17) is 11.6 Å². The van der Waals surface area contributed by atoms with Crippen molar-refractivity contribution in [2.24, 2.45) is 0 Å². The molecule has 4 heterocycles. The van der Waals surface area contributed by atoms with Crippen molar-refractivity contribution < 1.29 is 4.39 Å². The quantitative estimate of drug-likeness (QED) is 0.537. The van der Waals surface area contributed by atoms with Crippen molar-refractivity contribution >= 4 is 17.2 Å². The molecule has 0 amide bonds. The van der Waals surface area contributed by atoms with E-state index in [-0.39, 0.29) is 0 Å². The van der Waals surface area contributed by atoms with E-state index in [0.717, 1.165) is 17.0 Å². The predicted octanol–water partition coefficient (Wildman–Crippen LogP) is 3.14. The molecule has 0 unspecified atom stereocenters. The lowest BCUT2D eigenvalue weighted by molar-refractivity contribution is 0.584. The van der Waals surface area contributed by atoms with Gasteiger partial charge in [0.25, 0.3) is 0 Å². The Morgan fingerprint density at radius 1 is 1.17 bits per heavy atom. The highest BCUT2D eigenvalue weighted by Crippen LogP contribution is 2.19. The Bertz CT molecular complexity index is 1040. The van der Waals surface area contributed by atoms with Crippen molar-refractivity contribution in [3.8, 4) is 11.5 Å². The molecular weight excluding hydrogens is 331 g/mol. The second-order valence-corrected chi connectivity index (χ2v) is 5.68. The highest BCUT2D eigenvalue weighted by Gasteiger charge is 2.14. The van der Waals surface area contributed by atoms with Crippen LogP contribution in [0, 0.1) is 12.9 Å². The summed E-state index contributed by atoms with van der Waals surface area (Å²) in [4.78, 5) is 12.8. The molecule has 0 aliphatic carbocycles. The Hall–Kier alpha value is -2.80. The minimum Gasteiger partial charge on any atom is -0.324 e. The van der Waals surface area contributed by atoms with Gasteiger partial charge in [-0.3, -0.25) is 0 Å². The van der Waals surface area contributed by atoms with E-state index < -0.39 is 5.95 Å². The fourth-order valence-electron chi connectivity index (χ4n) is 2.58. The summed E-state index contributed by atoms with van der Waals surface area (Å²) >= 11 is 5.94. The molecule has 0 aliphatic heterocycles. The summed E-state index contributed by atoms with van der Waals surface area (Å²) in [6.07, 6.45) is 3.47. The molecule has 0 aromatic carbocycles. The van der Waals surface area contributed by atoms with Gasteiger partial charge in [-0.2, -0.15) is 9.49 Å². The van der Waals surface area contributed by atoms with Gasteiger partial charge in [0, 0.05) is 12.4 Å². The number of imidazole rings is 2. The second kappa shape index (κ2) is 5.68. The van der Waals surface area contributed by atoms with Gasteiger partial charge in [0.05, 0.1) is 17.9 Å². The Balaban J connectivity index is 1.75. The first kappa shape index (κ1) is 14.8. The predicted molar refractivity (Wildman–Crippen MR) is 87.3 cm³/mol. The fourth-order valence-corrected chi connectivity index (χ4v) is 2.72. The topological polar surface area (TPSA) is 60.9 Å². The number of aryl methyl sites for hydroxylation is 1. The van der Waals surface area contributed by atoms with Gasteiger partial charge < -0.3 is 4.57 Å². The average molecular weight is 343 g/mol. The van der Waals surface area contributed by atoms with E-state index in [9.17, 15) is 4.39 Å². The molecule has 0 fully saturated rings. The van der Waals surface area contributed by atoms with E-state index >= 15 is 0 Å². The minimum atomic E-state index is -0.537. The van der Waals surface area contributed by atoms with Crippen LogP contribution in [0.1, 0.15) is 11.4 Å². The van der Waals surface area contributed by atoms with Crippen LogP contribution in [0.2, 0.25) is 5.15 Å². The van der Waals surface area contributed by atoms with E-state index in [1.807, 2.05) is 23.8 Å². The summed E-state index contributed by atoms with van der Waals surface area (Å²) in [5.74, 6) is 0.0433. The van der Waals surface area contributed by atoms with Crippen LogP contribution in [0.3, 0.4) is 0 Å². The van der Waals surface area contributed by atoms with Gasteiger partial charge in [0.2, 0.25) is 5.95 Å². The molecule has 120 valence electrons. The number of pyridine rings is 1. The lowest BCUT2D eigenvalue weighted by Crippen LogP contribution is -2.04. The van der Waals surface area contributed by atoms with E-state index in [2.05, 4.69) is 20.1 Å². The van der Waals surface area contributed by atoms with Gasteiger partial charge in [0.15, 0.2) is 11.5 Å². The third kappa shape index (κ3) is 2.52. The Morgan fingerprint density at radius 2 is 2.04 bits per heavy atom. The lowest BCUT2D eigenvalue weighted by atomic mass is 10.3. The van der Waals surface area contributed by atoms with Crippen LogP contribution in [0.25, 0.3) is 17.2 Å². The zero-order valence-electron chi connectivity index (χ0n) is 12.7. The number of hydrogen-bond donors (Lipinski definition) is 0. The number of rotatable bonds is 3. The summed E-state index contributed by atoms with van der Waals surface area (Å²) in [6, 6.07) is 8.15. The highest BCUT2D eigenvalue weighted by atomic mass is 35.5. The molecule has 4 aromatic heterocycles. The molecule has 6 nitrogen and oxygen atoms in total. The first-order valence-corrected chi connectivity index (χ1v) is 7.64. The molecule has 4 rings (SSSR count). The minimum absolute atomic E-state index is 0.404. The lowest BCUT2D eigenvalue weighted by Gasteiger charge is -2.06. The van der Waals surface area contributed by atoms with Crippen molar-refractivity contribution in [1.82, 2.24) is 29.1 Å². The van der Waals surface area contributed by atoms with Crippen molar-refractivity contribution in [1.29, 1.82) is 0 Å². The van der Waals surface area contributed by atoms with Crippen molar-refractivity contribution in [3.63, 3.8) is 0 Å². The monoisotopic (exact) mass is 342 g/mol. The number of aromatic nitrogens is 6. The van der Waals surface area contributed by atoms with E-state index in [0.29, 0.717) is 23.2 Å². The molecule has 0 atom stereocenters. The normalized spacial score (nSPS) is 11.3. The van der Waals surface area contributed by atoms with E-state index in [1.54, 1.807) is 28.9 Å². The molecule has 0 radical (unpaired) electrons. The molecule has 0 bridgehead atoms. The van der Waals surface area contributed by atoms with Gasteiger partial charge in [-0.15, -0.1) is 0 Å². The maximum Gasteiger partial charge on any atom is 0.213 e. The first-order chi connectivity index (χ1) is 11.6. The fraction of sp³-hybridized carbons (Fsp3) is 0.125. The van der Waals surface area contributed by atoms with Crippen LogP contribution in [-0.2, 0) is 6.54 Å². The van der Waals surface area contributed by atoms with Crippen molar-refractivity contribution in [3.05, 3.63) is 65.2 Å². The van der Waals surface area contributed by atoms with Gasteiger partial charge in [-0.25, -0.2) is 19.5 Å². The summed E-state index contributed by atoms with van der Waals surface area (Å²) < 4.78 is 17.0. The van der Waals surface area contributed by atoms with Crippen molar-refractivity contribution in [2.45, 2.75) is 13.5 Å². The number of hydrogen-bond acceptors (Lipinski definition) is 4. The largest absolute Gasteiger partial charge is 0.324 e. The standard InChI is InChI=1S/C16H12ClFN6/c1-10-12(21-15-6-5-13(17)22-24(10)15)9-23-8-7-19-16(23)11-3-2-4-14(18)20-11/h2-8H,9H2,1H3. The SMILES string of the molecule is Cc1c(Cn2ccnc2-c2cccc(F)n2)nc2ccc(Cl)nn12. The number of nitrogens with zero attached hydrogens (tertiary/aromatic N) is 6. The Labute approximate surface area is 141 Å². The van der Waals surface area contributed by atoms with Gasteiger partial charge >= 0.3 is 0 Å². The molecule has 4 aromatic rings. The Morgan fingerprint density at radius 3 is 2.88 bits per heavy atom. The van der Waals surface area contributed by atoms with Crippen LogP contribution >= 0.6 is 11.6 Å². The molecular formula is C16H12ClFN6. The zero-order valence-corrected chi connectivity index (χ0v) is 13.4. The molecule has 0 N–H and O–H groups in total. The third-order valence-corrected chi connectivity index (χ3v) is 3.95. The maximum absolute atomic E-state index is 13.4. The Kier molecular flexibility index (Phi) is 3.50. The first-order valence-electron chi connectivity index (χ1n) is 7.26. The summed E-state index contributed by atoms with van der Waals surface area (Å²) in [5, 5.41) is 4.65. The van der Waals surface area contributed by atoms with Crippen LogP contribution in [-0.4, -0.2) is 29.1 Å². The van der Waals surface area contributed by atoms with Crippen LogP contribution in [0.4, 0.5) is 4.39 Å². The summed E-state index contributed by atoms with van der Waals surface area (Å²) in [6.45, 7) is 2.40. The molecule has 0 aliphatic rings. The van der Waals surface area contributed by atoms with Crippen molar-refractivity contribution in [2.75, 3.05) is 0 Å². The molecule has 0 saturated carbocycles. The molecule has 8 heteroatoms. The summed E-state index contributed by atoms with van der Waals surface area (Å²) in [7, 11) is 0. The molecule has 0 saturated heterocycles. The van der Waals surface area contributed by atoms with Crippen LogP contribution in [0.15, 0.2) is 42.7 Å². The van der Waals surface area contributed by atoms with Gasteiger partial charge in [-0.1, -0.05) is 17.7 Å². The maximum atomic E-state index is 13.4. The smallest absolute Gasteiger partial charge is 0.213 e. The molecule has 0 spiro atoms. The second-order valence-electron chi connectivity index (χ2n) is 5.29. The number of halogens is 2.